The number of aldehydes is 1. The van der Waals surface area contributed by atoms with E-state index in [-0.39, 0.29) is 23.7 Å². The van der Waals surface area contributed by atoms with E-state index in [2.05, 4.69) is 0 Å². The lowest BCUT2D eigenvalue weighted by Gasteiger charge is -2.08. The minimum absolute atomic E-state index is 0.0715. The van der Waals surface area contributed by atoms with E-state index in [1.54, 1.807) is 12.1 Å². The minimum Gasteiger partial charge on any atom is -0.488 e. The molecule has 0 fully saturated rings. The van der Waals surface area contributed by atoms with Crippen LogP contribution < -0.4 is 4.74 Å². The highest BCUT2D eigenvalue weighted by Gasteiger charge is 2.05. The maximum Gasteiger partial charge on any atom is 0.153 e. The molecule has 0 saturated carbocycles. The van der Waals surface area contributed by atoms with Crippen LogP contribution in [0.15, 0.2) is 42.5 Å². The van der Waals surface area contributed by atoms with E-state index >= 15 is 0 Å². The lowest BCUT2D eigenvalue weighted by Crippen LogP contribution is -1.99. The molecule has 0 atom stereocenters. The second-order valence-electron chi connectivity index (χ2n) is 3.72. The van der Waals surface area contributed by atoms with Crippen molar-refractivity contribution in [1.82, 2.24) is 0 Å². The number of rotatable bonds is 4. The summed E-state index contributed by atoms with van der Waals surface area (Å²) in [5.74, 6) is -0.713. The fourth-order valence-corrected chi connectivity index (χ4v) is 1.52. The van der Waals surface area contributed by atoms with Crippen molar-refractivity contribution in [2.75, 3.05) is 0 Å². The summed E-state index contributed by atoms with van der Waals surface area (Å²) in [4.78, 5) is 10.7. The molecule has 2 aromatic rings. The number of carbonyl (C=O) groups excluding carboxylic acids is 1. The van der Waals surface area contributed by atoms with Crippen LogP contribution >= 0.6 is 0 Å². The monoisotopic (exact) mass is 248 g/mol. The predicted octanol–water partition coefficient (Wildman–Crippen LogP) is 3.36. The molecular weight excluding hydrogens is 238 g/mol. The summed E-state index contributed by atoms with van der Waals surface area (Å²) in [6.07, 6.45) is 0.584. The van der Waals surface area contributed by atoms with Crippen molar-refractivity contribution in [3.8, 4) is 5.75 Å². The number of carbonyl (C=O) groups is 1. The Hall–Kier alpha value is -2.23. The van der Waals surface area contributed by atoms with Crippen LogP contribution in [0.2, 0.25) is 0 Å². The average Bonchev–Trinajstić information content (AvgIpc) is 2.37. The highest BCUT2D eigenvalue weighted by Crippen LogP contribution is 2.19. The summed E-state index contributed by atoms with van der Waals surface area (Å²) in [5, 5.41) is 0. The molecule has 0 radical (unpaired) electrons. The van der Waals surface area contributed by atoms with Gasteiger partial charge in [0, 0.05) is 6.07 Å². The number of hydrogen-bond acceptors (Lipinski definition) is 2. The molecular formula is C14H10F2O2. The fourth-order valence-electron chi connectivity index (χ4n) is 1.52. The normalized spacial score (nSPS) is 10.1. The van der Waals surface area contributed by atoms with Crippen molar-refractivity contribution in [1.29, 1.82) is 0 Å². The van der Waals surface area contributed by atoms with Gasteiger partial charge < -0.3 is 4.74 Å². The summed E-state index contributed by atoms with van der Waals surface area (Å²) < 4.78 is 31.3. The molecule has 2 nitrogen and oxygen atoms in total. The Balaban J connectivity index is 2.15. The molecule has 0 heterocycles. The van der Waals surface area contributed by atoms with Crippen LogP contribution in [0.5, 0.6) is 5.75 Å². The smallest absolute Gasteiger partial charge is 0.153 e. The Kier molecular flexibility index (Phi) is 3.67. The Morgan fingerprint density at radius 3 is 2.56 bits per heavy atom. The van der Waals surface area contributed by atoms with Crippen molar-refractivity contribution in [3.63, 3.8) is 0 Å². The fraction of sp³-hybridized carbons (Fsp3) is 0.0714. The van der Waals surface area contributed by atoms with Crippen molar-refractivity contribution >= 4 is 6.29 Å². The van der Waals surface area contributed by atoms with Gasteiger partial charge in [-0.05, 0) is 29.8 Å². The lowest BCUT2D eigenvalue weighted by molar-refractivity contribution is 0.111. The second kappa shape index (κ2) is 5.40. The van der Waals surface area contributed by atoms with E-state index in [1.165, 1.54) is 24.3 Å². The maximum absolute atomic E-state index is 13.0. The third kappa shape index (κ3) is 2.91. The van der Waals surface area contributed by atoms with E-state index in [1.807, 2.05) is 0 Å². The van der Waals surface area contributed by atoms with Gasteiger partial charge in [0.15, 0.2) is 6.29 Å². The quantitative estimate of drug-likeness (QED) is 0.775. The van der Waals surface area contributed by atoms with Crippen LogP contribution in [0.25, 0.3) is 0 Å². The van der Waals surface area contributed by atoms with Gasteiger partial charge in [0.25, 0.3) is 0 Å². The predicted molar refractivity (Wildman–Crippen MR) is 62.5 cm³/mol. The first-order chi connectivity index (χ1) is 8.69. The topological polar surface area (TPSA) is 26.3 Å². The van der Waals surface area contributed by atoms with Crippen LogP contribution in [0.3, 0.4) is 0 Å². The number of ether oxygens (including phenoxy) is 1. The van der Waals surface area contributed by atoms with Crippen molar-refractivity contribution in [2.24, 2.45) is 0 Å². The van der Waals surface area contributed by atoms with Gasteiger partial charge in [-0.3, -0.25) is 4.79 Å². The third-order valence-corrected chi connectivity index (χ3v) is 2.39. The summed E-state index contributed by atoms with van der Waals surface area (Å²) in [5.41, 5.74) is 0.865. The van der Waals surface area contributed by atoms with Gasteiger partial charge in [-0.1, -0.05) is 12.1 Å². The van der Waals surface area contributed by atoms with Crippen LogP contribution in [0.4, 0.5) is 8.78 Å². The molecule has 2 aromatic carbocycles. The molecule has 0 spiro atoms. The van der Waals surface area contributed by atoms with E-state index in [0.717, 1.165) is 6.07 Å². The first kappa shape index (κ1) is 12.2. The summed E-state index contributed by atoms with van der Waals surface area (Å²) in [6, 6.07) is 9.52. The van der Waals surface area contributed by atoms with Crippen molar-refractivity contribution < 1.29 is 18.3 Å². The van der Waals surface area contributed by atoms with Crippen LogP contribution in [0, 0.1) is 11.6 Å². The molecule has 0 aliphatic carbocycles. The lowest BCUT2D eigenvalue weighted by atomic mass is 10.2. The second-order valence-corrected chi connectivity index (χ2v) is 3.72. The van der Waals surface area contributed by atoms with Gasteiger partial charge in [-0.15, -0.1) is 0 Å². The molecule has 0 unspecified atom stereocenters. The van der Waals surface area contributed by atoms with E-state index in [0.29, 0.717) is 11.8 Å². The van der Waals surface area contributed by atoms with Gasteiger partial charge in [0.2, 0.25) is 0 Å². The standard InChI is InChI=1S/C14H10F2O2/c15-12-3-1-2-10(6-12)9-18-14-7-13(16)5-4-11(14)8-17/h1-8H,9H2. The first-order valence-electron chi connectivity index (χ1n) is 5.31. The largest absolute Gasteiger partial charge is 0.488 e. The molecule has 2 rings (SSSR count). The van der Waals surface area contributed by atoms with E-state index < -0.39 is 5.82 Å². The van der Waals surface area contributed by atoms with Crippen LogP contribution in [0.1, 0.15) is 15.9 Å². The highest BCUT2D eigenvalue weighted by molar-refractivity contribution is 5.79. The van der Waals surface area contributed by atoms with Gasteiger partial charge >= 0.3 is 0 Å². The zero-order valence-electron chi connectivity index (χ0n) is 9.40. The van der Waals surface area contributed by atoms with Gasteiger partial charge in [-0.2, -0.15) is 0 Å². The molecule has 0 N–H and O–H groups in total. The molecule has 0 aliphatic heterocycles. The van der Waals surface area contributed by atoms with E-state index in [9.17, 15) is 13.6 Å². The zero-order valence-corrected chi connectivity index (χ0v) is 9.40. The Bertz CT molecular complexity index is 567. The summed E-state index contributed by atoms with van der Waals surface area (Å²) in [6.45, 7) is 0.0715. The average molecular weight is 248 g/mol. The number of hydrogen-bond donors (Lipinski definition) is 0. The molecule has 0 aromatic heterocycles. The minimum atomic E-state index is -0.491. The van der Waals surface area contributed by atoms with Crippen molar-refractivity contribution in [2.45, 2.75) is 6.61 Å². The Labute approximate surface area is 103 Å². The van der Waals surface area contributed by atoms with E-state index in [4.69, 9.17) is 4.74 Å². The molecule has 0 amide bonds. The number of benzene rings is 2. The zero-order chi connectivity index (χ0) is 13.0. The molecule has 92 valence electrons. The molecule has 4 heteroatoms. The molecule has 0 saturated heterocycles. The molecule has 0 bridgehead atoms. The summed E-state index contributed by atoms with van der Waals surface area (Å²) in [7, 11) is 0. The van der Waals surface area contributed by atoms with Gasteiger partial charge in [0.05, 0.1) is 5.56 Å². The Morgan fingerprint density at radius 2 is 1.83 bits per heavy atom. The SMILES string of the molecule is O=Cc1ccc(F)cc1OCc1cccc(F)c1. The van der Waals surface area contributed by atoms with Gasteiger partial charge in [-0.25, -0.2) is 8.78 Å². The highest BCUT2D eigenvalue weighted by atomic mass is 19.1. The van der Waals surface area contributed by atoms with Crippen LogP contribution in [-0.2, 0) is 6.61 Å². The van der Waals surface area contributed by atoms with Gasteiger partial charge in [0.1, 0.15) is 24.0 Å². The van der Waals surface area contributed by atoms with Crippen LogP contribution in [-0.4, -0.2) is 6.29 Å². The third-order valence-electron chi connectivity index (χ3n) is 2.39. The first-order valence-corrected chi connectivity index (χ1v) is 5.31. The molecule has 18 heavy (non-hydrogen) atoms. The number of halogens is 2. The maximum atomic E-state index is 13.0. The van der Waals surface area contributed by atoms with Crippen molar-refractivity contribution in [3.05, 3.63) is 65.2 Å². The molecule has 0 aliphatic rings. The summed E-state index contributed by atoms with van der Waals surface area (Å²) >= 11 is 0. The Morgan fingerprint density at radius 1 is 1.06 bits per heavy atom.